The summed E-state index contributed by atoms with van der Waals surface area (Å²) in [5, 5.41) is 12.9. The van der Waals surface area contributed by atoms with Crippen LogP contribution in [0, 0.1) is 13.8 Å². The van der Waals surface area contributed by atoms with E-state index in [0.717, 1.165) is 33.4 Å². The number of benzene rings is 2. The summed E-state index contributed by atoms with van der Waals surface area (Å²) in [6.07, 6.45) is -1.71. The predicted molar refractivity (Wildman–Crippen MR) is 110 cm³/mol. The number of carbonyl (C=O) groups is 2. The van der Waals surface area contributed by atoms with E-state index in [-0.39, 0.29) is 12.8 Å². The number of alkyl halides is 2. The highest BCUT2D eigenvalue weighted by Gasteiger charge is 2.52. The molecule has 1 amide bonds. The lowest BCUT2D eigenvalue weighted by Gasteiger charge is -2.37. The van der Waals surface area contributed by atoms with E-state index < -0.39 is 42.1 Å². The van der Waals surface area contributed by atoms with Gasteiger partial charge in [0.2, 0.25) is 11.8 Å². The van der Waals surface area contributed by atoms with E-state index in [2.05, 4.69) is 5.32 Å². The molecule has 30 heavy (non-hydrogen) atoms. The molecule has 0 saturated heterocycles. The third kappa shape index (κ3) is 3.27. The Kier molecular flexibility index (Phi) is 4.88. The van der Waals surface area contributed by atoms with E-state index in [1.54, 1.807) is 0 Å². The van der Waals surface area contributed by atoms with Crippen LogP contribution in [0.15, 0.2) is 30.3 Å². The number of nitrogens with one attached hydrogen (secondary N) is 1. The van der Waals surface area contributed by atoms with E-state index in [9.17, 15) is 23.5 Å². The number of carboxylic acid groups (broad SMARTS) is 1. The molecule has 0 aromatic heterocycles. The maximum atomic E-state index is 13.6. The van der Waals surface area contributed by atoms with Crippen molar-refractivity contribution in [3.8, 4) is 11.1 Å². The van der Waals surface area contributed by atoms with Gasteiger partial charge in [-0.1, -0.05) is 41.9 Å². The topological polar surface area (TPSA) is 66.4 Å². The van der Waals surface area contributed by atoms with Gasteiger partial charge in [-0.3, -0.25) is 4.79 Å². The Morgan fingerprint density at radius 2 is 1.63 bits per heavy atom. The van der Waals surface area contributed by atoms with Crippen molar-refractivity contribution in [3.63, 3.8) is 0 Å². The largest absolute Gasteiger partial charge is 0.480 e. The summed E-state index contributed by atoms with van der Waals surface area (Å²) in [6, 6.07) is 9.46. The molecule has 4 nitrogen and oxygen atoms in total. The molecular weight excluding hydrogens is 412 g/mol. The van der Waals surface area contributed by atoms with Crippen molar-refractivity contribution >= 4 is 23.5 Å². The second-order valence-corrected chi connectivity index (χ2v) is 8.68. The first-order chi connectivity index (χ1) is 14.1. The van der Waals surface area contributed by atoms with E-state index in [1.165, 1.54) is 0 Å². The van der Waals surface area contributed by atoms with Gasteiger partial charge in [-0.15, -0.1) is 0 Å². The van der Waals surface area contributed by atoms with Crippen LogP contribution in [0.1, 0.15) is 53.9 Å². The van der Waals surface area contributed by atoms with Gasteiger partial charge in [0.05, 0.1) is 10.9 Å². The van der Waals surface area contributed by atoms with Gasteiger partial charge in [-0.2, -0.15) is 0 Å². The fourth-order valence-corrected chi connectivity index (χ4v) is 4.84. The standard InChI is InChI=1S/C23H22ClF2NO3/c1-12-13(2)19(24)16(14-6-4-3-5-7-14)17-15(12)18(17)20(28)27-22(21(29)30)8-10-23(25,26)11-9-22/h3-7,18H,8-11H2,1-2H3,(H,27,28)(H,29,30). The summed E-state index contributed by atoms with van der Waals surface area (Å²) >= 11 is 6.63. The summed E-state index contributed by atoms with van der Waals surface area (Å²) in [4.78, 5) is 25.1. The predicted octanol–water partition coefficient (Wildman–Crippen LogP) is 5.22. The highest BCUT2D eigenvalue weighted by molar-refractivity contribution is 6.35. The SMILES string of the molecule is Cc1c(C)c2c(c(-c3ccccc3)c1Cl)C2C(=O)NC1(C(=O)O)CCC(F)(F)CC1. The van der Waals surface area contributed by atoms with Gasteiger partial charge in [0.15, 0.2) is 0 Å². The monoisotopic (exact) mass is 433 g/mol. The van der Waals surface area contributed by atoms with Crippen molar-refractivity contribution in [2.75, 3.05) is 0 Å². The zero-order chi connectivity index (χ0) is 21.8. The Bertz CT molecular complexity index is 1040. The number of hydrogen-bond donors (Lipinski definition) is 2. The number of carboxylic acids is 1. The Hall–Kier alpha value is -2.47. The van der Waals surface area contributed by atoms with Crippen molar-refractivity contribution < 1.29 is 23.5 Å². The third-order valence-electron chi connectivity index (χ3n) is 6.50. The lowest BCUT2D eigenvalue weighted by Crippen LogP contribution is -2.58. The van der Waals surface area contributed by atoms with Gasteiger partial charge in [0.1, 0.15) is 5.54 Å². The highest BCUT2D eigenvalue weighted by Crippen LogP contribution is 2.55. The number of hydrogen-bond acceptors (Lipinski definition) is 2. The second kappa shape index (κ2) is 7.05. The molecule has 1 saturated carbocycles. The van der Waals surface area contributed by atoms with Crippen LogP contribution in [0.3, 0.4) is 0 Å². The second-order valence-electron chi connectivity index (χ2n) is 8.30. The van der Waals surface area contributed by atoms with Gasteiger partial charge < -0.3 is 10.4 Å². The maximum absolute atomic E-state index is 13.6. The quantitative estimate of drug-likeness (QED) is 0.694. The van der Waals surface area contributed by atoms with Crippen LogP contribution in [0.25, 0.3) is 11.1 Å². The molecule has 0 aliphatic heterocycles. The molecule has 2 aromatic carbocycles. The summed E-state index contributed by atoms with van der Waals surface area (Å²) in [5.41, 5.74) is 3.38. The van der Waals surface area contributed by atoms with Crippen LogP contribution in [0.5, 0.6) is 0 Å². The van der Waals surface area contributed by atoms with E-state index in [1.807, 2.05) is 44.2 Å². The Labute approximate surface area is 178 Å². The first-order valence-electron chi connectivity index (χ1n) is 9.89. The van der Waals surface area contributed by atoms with Gasteiger partial charge in [0, 0.05) is 18.4 Å². The Morgan fingerprint density at radius 1 is 1.03 bits per heavy atom. The van der Waals surface area contributed by atoms with Crippen LogP contribution in [-0.2, 0) is 9.59 Å². The molecule has 1 unspecified atom stereocenters. The molecule has 2 N–H and O–H groups in total. The van der Waals surface area contributed by atoms with Gasteiger partial charge >= 0.3 is 5.97 Å². The molecule has 2 aliphatic carbocycles. The summed E-state index contributed by atoms with van der Waals surface area (Å²) in [6.45, 7) is 3.77. The van der Waals surface area contributed by atoms with Crippen LogP contribution in [0.4, 0.5) is 8.78 Å². The minimum Gasteiger partial charge on any atom is -0.480 e. The van der Waals surface area contributed by atoms with E-state index >= 15 is 0 Å². The number of fused-ring (bicyclic) bond motifs is 1. The molecule has 0 spiro atoms. The zero-order valence-electron chi connectivity index (χ0n) is 16.7. The number of carbonyl (C=O) groups excluding carboxylic acids is 1. The molecule has 1 fully saturated rings. The van der Waals surface area contributed by atoms with E-state index in [0.29, 0.717) is 5.02 Å². The minimum absolute atomic E-state index is 0.297. The highest BCUT2D eigenvalue weighted by atomic mass is 35.5. The number of halogens is 3. The Morgan fingerprint density at radius 3 is 2.20 bits per heavy atom. The molecule has 158 valence electrons. The lowest BCUT2D eigenvalue weighted by molar-refractivity contribution is -0.153. The normalized spacial score (nSPS) is 20.9. The lowest BCUT2D eigenvalue weighted by atomic mass is 9.79. The average molecular weight is 434 g/mol. The molecule has 7 heteroatoms. The molecule has 0 heterocycles. The fourth-order valence-electron chi connectivity index (χ4n) is 4.48. The molecule has 1 atom stereocenters. The maximum Gasteiger partial charge on any atom is 0.329 e. The van der Waals surface area contributed by atoms with Crippen LogP contribution >= 0.6 is 11.6 Å². The van der Waals surface area contributed by atoms with Crippen LogP contribution in [-0.4, -0.2) is 28.4 Å². The summed E-state index contributed by atoms with van der Waals surface area (Å²) in [7, 11) is 0. The number of amides is 1. The Balaban J connectivity index is 1.68. The average Bonchev–Trinajstić information content (AvgIpc) is 3.44. The fraction of sp³-hybridized carbons (Fsp3) is 0.391. The summed E-state index contributed by atoms with van der Waals surface area (Å²) in [5.74, 6) is -5.26. The van der Waals surface area contributed by atoms with Crippen LogP contribution < -0.4 is 5.32 Å². The molecule has 0 bridgehead atoms. The van der Waals surface area contributed by atoms with Crippen molar-refractivity contribution in [1.29, 1.82) is 0 Å². The zero-order valence-corrected chi connectivity index (χ0v) is 17.4. The molecule has 2 aliphatic rings. The molecule has 2 aromatic rings. The van der Waals surface area contributed by atoms with Gasteiger partial charge in [-0.05, 0) is 54.5 Å². The molecular formula is C23H22ClF2NO3. The first-order valence-corrected chi connectivity index (χ1v) is 10.3. The van der Waals surface area contributed by atoms with Gasteiger partial charge in [-0.25, -0.2) is 13.6 Å². The molecule has 0 radical (unpaired) electrons. The summed E-state index contributed by atoms with van der Waals surface area (Å²) < 4.78 is 27.2. The van der Waals surface area contributed by atoms with Crippen molar-refractivity contribution in [1.82, 2.24) is 5.32 Å². The third-order valence-corrected chi connectivity index (χ3v) is 6.97. The minimum atomic E-state index is -2.89. The smallest absolute Gasteiger partial charge is 0.329 e. The van der Waals surface area contributed by atoms with Gasteiger partial charge in [0.25, 0.3) is 0 Å². The molecule has 4 rings (SSSR count). The van der Waals surface area contributed by atoms with E-state index in [4.69, 9.17) is 11.6 Å². The van der Waals surface area contributed by atoms with Crippen LogP contribution in [0.2, 0.25) is 5.02 Å². The first kappa shape index (κ1) is 20.8. The van der Waals surface area contributed by atoms with Crippen molar-refractivity contribution in [3.05, 3.63) is 57.6 Å². The van der Waals surface area contributed by atoms with Crippen molar-refractivity contribution in [2.45, 2.75) is 56.9 Å². The van der Waals surface area contributed by atoms with Crippen molar-refractivity contribution in [2.24, 2.45) is 0 Å². The number of rotatable bonds is 4. The number of aliphatic carboxylic acids is 1.